The van der Waals surface area contributed by atoms with Crippen LogP contribution in [0, 0.1) is 0 Å². The number of carboxylic acids is 2. The molecular formula is C8H16N2O4S2. The molecule has 0 amide bonds. The minimum Gasteiger partial charge on any atom is -0.480 e. The van der Waals surface area contributed by atoms with Gasteiger partial charge in [0, 0.05) is 11.5 Å². The summed E-state index contributed by atoms with van der Waals surface area (Å²) in [5.74, 6) is -1.02. The minimum absolute atomic E-state index is 0.395. The van der Waals surface area contributed by atoms with Gasteiger partial charge in [-0.1, -0.05) is 21.6 Å². The molecule has 0 aliphatic rings. The van der Waals surface area contributed by atoms with Gasteiger partial charge < -0.3 is 20.8 Å². The molecule has 0 aliphatic carbocycles. The molecule has 0 saturated carbocycles. The SMILES string of the molecule is CN[C@@H](CSSC[C@H](NC)C(=O)O)C(=O)O. The molecule has 2 atom stereocenters. The molecule has 16 heavy (non-hydrogen) atoms. The Morgan fingerprint density at radius 1 is 1.00 bits per heavy atom. The highest BCUT2D eigenvalue weighted by molar-refractivity contribution is 8.76. The predicted molar refractivity (Wildman–Crippen MR) is 65.9 cm³/mol. The van der Waals surface area contributed by atoms with Crippen molar-refractivity contribution in [2.75, 3.05) is 25.6 Å². The molecule has 0 aliphatic heterocycles. The van der Waals surface area contributed by atoms with Crippen LogP contribution in [0.2, 0.25) is 0 Å². The van der Waals surface area contributed by atoms with Crippen LogP contribution in [0.5, 0.6) is 0 Å². The van der Waals surface area contributed by atoms with Gasteiger partial charge in [-0.2, -0.15) is 0 Å². The molecule has 0 saturated heterocycles. The van der Waals surface area contributed by atoms with E-state index in [2.05, 4.69) is 10.6 Å². The third-order valence-electron chi connectivity index (χ3n) is 1.85. The molecule has 0 spiro atoms. The molecule has 0 rings (SSSR count). The Bertz CT molecular complexity index is 216. The summed E-state index contributed by atoms with van der Waals surface area (Å²) in [6, 6.07) is -1.20. The summed E-state index contributed by atoms with van der Waals surface area (Å²) in [6.45, 7) is 0. The molecule has 4 N–H and O–H groups in total. The molecule has 0 heterocycles. The van der Waals surface area contributed by atoms with Crippen molar-refractivity contribution in [3.63, 3.8) is 0 Å². The highest BCUT2D eigenvalue weighted by Crippen LogP contribution is 2.22. The quantitative estimate of drug-likeness (QED) is 0.334. The number of carbonyl (C=O) groups is 2. The highest BCUT2D eigenvalue weighted by Gasteiger charge is 2.17. The van der Waals surface area contributed by atoms with E-state index < -0.39 is 24.0 Å². The number of rotatable bonds is 9. The smallest absolute Gasteiger partial charge is 0.321 e. The van der Waals surface area contributed by atoms with Crippen molar-refractivity contribution >= 4 is 33.5 Å². The van der Waals surface area contributed by atoms with Crippen molar-refractivity contribution < 1.29 is 19.8 Å². The maximum absolute atomic E-state index is 10.6. The van der Waals surface area contributed by atoms with E-state index in [4.69, 9.17) is 10.2 Å². The van der Waals surface area contributed by atoms with Gasteiger partial charge in [-0.3, -0.25) is 9.59 Å². The predicted octanol–water partition coefficient (Wildman–Crippen LogP) is -0.287. The van der Waals surface area contributed by atoms with Crippen molar-refractivity contribution in [3.8, 4) is 0 Å². The molecule has 0 unspecified atom stereocenters. The van der Waals surface area contributed by atoms with E-state index in [9.17, 15) is 9.59 Å². The summed E-state index contributed by atoms with van der Waals surface area (Å²) in [5, 5.41) is 22.8. The first-order valence-corrected chi connectivity index (χ1v) is 7.06. The Labute approximate surface area is 102 Å². The molecule has 8 heteroatoms. The van der Waals surface area contributed by atoms with E-state index in [-0.39, 0.29) is 0 Å². The van der Waals surface area contributed by atoms with E-state index in [1.165, 1.54) is 21.6 Å². The third kappa shape index (κ3) is 6.21. The Kier molecular flexibility index (Phi) is 8.44. The van der Waals surface area contributed by atoms with Crippen LogP contribution in [0.1, 0.15) is 0 Å². The van der Waals surface area contributed by atoms with Gasteiger partial charge in [0.05, 0.1) is 0 Å². The number of nitrogens with one attached hydrogen (secondary N) is 2. The van der Waals surface area contributed by atoms with Crippen LogP contribution in [0.4, 0.5) is 0 Å². The summed E-state index contributed by atoms with van der Waals surface area (Å²) >= 11 is 0. The molecule has 0 bridgehead atoms. The van der Waals surface area contributed by atoms with Crippen molar-refractivity contribution in [2.45, 2.75) is 12.1 Å². The van der Waals surface area contributed by atoms with Crippen LogP contribution in [0.3, 0.4) is 0 Å². The molecule has 0 aromatic heterocycles. The first-order chi connectivity index (χ1) is 7.52. The third-order valence-corrected chi connectivity index (χ3v) is 4.27. The lowest BCUT2D eigenvalue weighted by atomic mass is 10.3. The average molecular weight is 268 g/mol. The van der Waals surface area contributed by atoms with Gasteiger partial charge in [0.15, 0.2) is 0 Å². The van der Waals surface area contributed by atoms with Gasteiger partial charge >= 0.3 is 11.9 Å². The average Bonchev–Trinajstić information content (AvgIpc) is 2.22. The lowest BCUT2D eigenvalue weighted by Crippen LogP contribution is -2.37. The number of hydrogen-bond donors (Lipinski definition) is 4. The zero-order valence-electron chi connectivity index (χ0n) is 9.10. The Balaban J connectivity index is 3.73. The summed E-state index contributed by atoms with van der Waals surface area (Å²) in [4.78, 5) is 21.3. The fraction of sp³-hybridized carbons (Fsp3) is 0.750. The fourth-order valence-corrected chi connectivity index (χ4v) is 3.27. The van der Waals surface area contributed by atoms with E-state index in [1.807, 2.05) is 0 Å². The number of carboxylic acid groups (broad SMARTS) is 2. The second kappa shape index (κ2) is 8.68. The zero-order valence-corrected chi connectivity index (χ0v) is 10.7. The Hall–Kier alpha value is -0.440. The summed E-state index contributed by atoms with van der Waals surface area (Å²) in [7, 11) is 5.85. The minimum atomic E-state index is -0.904. The Morgan fingerprint density at radius 3 is 1.50 bits per heavy atom. The molecule has 0 aromatic carbocycles. The maximum Gasteiger partial charge on any atom is 0.321 e. The van der Waals surface area contributed by atoms with Crippen molar-refractivity contribution in [1.29, 1.82) is 0 Å². The fourth-order valence-electron chi connectivity index (χ4n) is 0.789. The molecule has 0 aromatic rings. The lowest BCUT2D eigenvalue weighted by molar-refractivity contribution is -0.139. The van der Waals surface area contributed by atoms with Gasteiger partial charge in [-0.05, 0) is 14.1 Å². The summed E-state index contributed by atoms with van der Waals surface area (Å²) in [5.41, 5.74) is 0. The van der Waals surface area contributed by atoms with E-state index >= 15 is 0 Å². The topological polar surface area (TPSA) is 98.7 Å². The van der Waals surface area contributed by atoms with Crippen LogP contribution in [-0.2, 0) is 9.59 Å². The summed E-state index contributed by atoms with van der Waals surface area (Å²) in [6.07, 6.45) is 0. The van der Waals surface area contributed by atoms with E-state index in [1.54, 1.807) is 14.1 Å². The number of aliphatic carboxylic acids is 2. The van der Waals surface area contributed by atoms with Gasteiger partial charge in [-0.15, -0.1) is 0 Å². The van der Waals surface area contributed by atoms with Crippen molar-refractivity contribution in [3.05, 3.63) is 0 Å². The maximum atomic E-state index is 10.6. The Morgan fingerprint density at radius 2 is 1.31 bits per heavy atom. The number of likely N-dealkylation sites (N-methyl/N-ethyl adjacent to an activating group) is 2. The first kappa shape index (κ1) is 15.6. The molecule has 0 fully saturated rings. The van der Waals surface area contributed by atoms with Crippen LogP contribution >= 0.6 is 21.6 Å². The second-order valence-electron chi connectivity index (χ2n) is 2.93. The van der Waals surface area contributed by atoms with E-state index in [0.29, 0.717) is 11.5 Å². The number of hydrogen-bond acceptors (Lipinski definition) is 6. The van der Waals surface area contributed by atoms with Gasteiger partial charge in [0.25, 0.3) is 0 Å². The van der Waals surface area contributed by atoms with Crippen molar-refractivity contribution in [1.82, 2.24) is 10.6 Å². The summed E-state index contributed by atoms with van der Waals surface area (Å²) < 4.78 is 0. The first-order valence-electron chi connectivity index (χ1n) is 4.57. The molecular weight excluding hydrogens is 252 g/mol. The van der Waals surface area contributed by atoms with Gasteiger partial charge in [0.2, 0.25) is 0 Å². The second-order valence-corrected chi connectivity index (χ2v) is 5.48. The zero-order chi connectivity index (χ0) is 12.6. The standard InChI is InChI=1S/C8H16N2O4S2/c1-9-5(7(11)12)3-15-16-4-6(10-2)8(13)14/h5-6,9-10H,3-4H2,1-2H3,(H,11,12)(H,13,14)/t5-,6-/m0/s1. The van der Waals surface area contributed by atoms with Crippen LogP contribution in [0.15, 0.2) is 0 Å². The van der Waals surface area contributed by atoms with Crippen LogP contribution in [-0.4, -0.2) is 59.8 Å². The molecule has 6 nitrogen and oxygen atoms in total. The van der Waals surface area contributed by atoms with Crippen LogP contribution in [0.25, 0.3) is 0 Å². The van der Waals surface area contributed by atoms with Crippen molar-refractivity contribution in [2.24, 2.45) is 0 Å². The van der Waals surface area contributed by atoms with Crippen LogP contribution < -0.4 is 10.6 Å². The lowest BCUT2D eigenvalue weighted by Gasteiger charge is -2.12. The highest BCUT2D eigenvalue weighted by atomic mass is 33.1. The van der Waals surface area contributed by atoms with Gasteiger partial charge in [0.1, 0.15) is 12.1 Å². The molecule has 0 radical (unpaired) electrons. The molecule has 94 valence electrons. The van der Waals surface area contributed by atoms with E-state index in [0.717, 1.165) is 0 Å². The normalized spacial score (nSPS) is 14.4. The largest absolute Gasteiger partial charge is 0.480 e. The van der Waals surface area contributed by atoms with Gasteiger partial charge in [-0.25, -0.2) is 0 Å². The monoisotopic (exact) mass is 268 g/mol.